The molecule has 0 atom stereocenters. The number of carbonyl (C=O) groups is 1. The van der Waals surface area contributed by atoms with Gasteiger partial charge in [-0.1, -0.05) is 36.4 Å². The lowest BCUT2D eigenvalue weighted by Crippen LogP contribution is -2.37. The first-order chi connectivity index (χ1) is 15.8. The van der Waals surface area contributed by atoms with E-state index < -0.39 is 11.7 Å². The number of amides is 1. The zero-order valence-corrected chi connectivity index (χ0v) is 18.5. The molecular formula is C26H28F3N3O. The minimum atomic E-state index is -4.57. The lowest BCUT2D eigenvalue weighted by Gasteiger charge is -2.37. The van der Waals surface area contributed by atoms with Crippen LogP contribution < -0.4 is 5.32 Å². The molecule has 4 rings (SSSR count). The molecule has 4 nitrogen and oxygen atoms in total. The van der Waals surface area contributed by atoms with Gasteiger partial charge in [-0.15, -0.1) is 0 Å². The van der Waals surface area contributed by atoms with Gasteiger partial charge in [-0.25, -0.2) is 0 Å². The third-order valence-electron chi connectivity index (χ3n) is 7.18. The minimum Gasteiger partial charge on any atom is -0.352 e. The van der Waals surface area contributed by atoms with Crippen molar-refractivity contribution in [1.29, 1.82) is 5.26 Å². The molecule has 1 saturated heterocycles. The Morgan fingerprint density at radius 1 is 1.12 bits per heavy atom. The van der Waals surface area contributed by atoms with Crippen LogP contribution >= 0.6 is 0 Å². The van der Waals surface area contributed by atoms with E-state index in [0.717, 1.165) is 57.8 Å². The highest BCUT2D eigenvalue weighted by molar-refractivity contribution is 5.78. The second-order valence-corrected chi connectivity index (χ2v) is 9.42. The summed E-state index contributed by atoms with van der Waals surface area (Å²) in [4.78, 5) is 15.2. The number of carbonyl (C=O) groups excluding carboxylic acids is 1. The fourth-order valence-electron chi connectivity index (χ4n) is 5.30. The Balaban J connectivity index is 1.29. The van der Waals surface area contributed by atoms with E-state index in [1.165, 1.54) is 17.7 Å². The first kappa shape index (κ1) is 23.3. The van der Waals surface area contributed by atoms with Crippen LogP contribution in [0.5, 0.6) is 0 Å². The van der Waals surface area contributed by atoms with Crippen LogP contribution in [-0.2, 0) is 24.1 Å². The monoisotopic (exact) mass is 455 g/mol. The van der Waals surface area contributed by atoms with E-state index in [9.17, 15) is 18.0 Å². The summed E-state index contributed by atoms with van der Waals surface area (Å²) in [6.07, 6.45) is 0.0453. The van der Waals surface area contributed by atoms with E-state index >= 15 is 0 Å². The lowest BCUT2D eigenvalue weighted by atomic mass is 9.70. The summed E-state index contributed by atoms with van der Waals surface area (Å²) >= 11 is 0. The molecule has 1 amide bonds. The number of rotatable bonds is 5. The predicted octanol–water partition coefficient (Wildman–Crippen LogP) is 5.28. The molecule has 2 aromatic rings. The molecule has 1 aliphatic carbocycles. The zero-order chi connectivity index (χ0) is 23.5. The maximum Gasteiger partial charge on any atom is 0.416 e. The van der Waals surface area contributed by atoms with Crippen molar-refractivity contribution >= 4 is 5.91 Å². The molecule has 1 spiro atoms. The standard InChI is InChI=1S/C26H28F3N3O/c27-26(28,29)23-14-20(15-30)6-7-22(23)16-31-24(33)21-8-10-25(11-9-21)12-13-32(18-25)17-19-4-2-1-3-5-19/h1-7,14,21H,8-13,16-18H2,(H,31,33). The van der Waals surface area contributed by atoms with Gasteiger partial charge in [-0.2, -0.15) is 18.4 Å². The number of hydrogen-bond acceptors (Lipinski definition) is 3. The first-order valence-corrected chi connectivity index (χ1v) is 11.4. The molecule has 33 heavy (non-hydrogen) atoms. The van der Waals surface area contributed by atoms with Crippen molar-refractivity contribution in [3.8, 4) is 6.07 Å². The number of likely N-dealkylation sites (tertiary alicyclic amines) is 1. The third kappa shape index (κ3) is 5.56. The van der Waals surface area contributed by atoms with Crippen LogP contribution in [0.15, 0.2) is 48.5 Å². The van der Waals surface area contributed by atoms with E-state index in [0.29, 0.717) is 0 Å². The van der Waals surface area contributed by atoms with Crippen LogP contribution in [0.25, 0.3) is 0 Å². The summed E-state index contributed by atoms with van der Waals surface area (Å²) in [7, 11) is 0. The lowest BCUT2D eigenvalue weighted by molar-refractivity contribution is -0.138. The normalized spacial score (nSPS) is 23.4. The van der Waals surface area contributed by atoms with Crippen molar-refractivity contribution in [1.82, 2.24) is 10.2 Å². The Kier molecular flexibility index (Phi) is 6.76. The molecule has 1 heterocycles. The van der Waals surface area contributed by atoms with Crippen molar-refractivity contribution in [2.45, 2.75) is 51.4 Å². The van der Waals surface area contributed by atoms with Crippen LogP contribution in [-0.4, -0.2) is 23.9 Å². The average molecular weight is 456 g/mol. The molecule has 2 aliphatic rings. The van der Waals surface area contributed by atoms with Crippen LogP contribution in [0, 0.1) is 22.7 Å². The molecule has 1 aliphatic heterocycles. The number of halogens is 3. The molecule has 0 radical (unpaired) electrons. The number of benzene rings is 2. The second-order valence-electron chi connectivity index (χ2n) is 9.42. The van der Waals surface area contributed by atoms with E-state index in [1.807, 2.05) is 6.07 Å². The molecule has 0 bridgehead atoms. The summed E-state index contributed by atoms with van der Waals surface area (Å²) in [5.41, 5.74) is 0.627. The minimum absolute atomic E-state index is 0.0190. The molecule has 174 valence electrons. The largest absolute Gasteiger partial charge is 0.416 e. The molecule has 1 saturated carbocycles. The van der Waals surface area contributed by atoms with E-state index in [4.69, 9.17) is 5.26 Å². The summed E-state index contributed by atoms with van der Waals surface area (Å²) < 4.78 is 40.1. The maximum atomic E-state index is 13.4. The van der Waals surface area contributed by atoms with Crippen LogP contribution in [0.1, 0.15) is 54.4 Å². The van der Waals surface area contributed by atoms with Gasteiger partial charge in [-0.05, 0) is 67.3 Å². The van der Waals surface area contributed by atoms with E-state index in [1.54, 1.807) is 6.07 Å². The molecular weight excluding hydrogens is 427 g/mol. The number of nitriles is 1. The van der Waals surface area contributed by atoms with Gasteiger partial charge in [0.2, 0.25) is 5.91 Å². The van der Waals surface area contributed by atoms with Gasteiger partial charge in [0.05, 0.1) is 17.2 Å². The summed E-state index contributed by atoms with van der Waals surface area (Å²) in [5, 5.41) is 11.6. The number of nitrogens with zero attached hydrogens (tertiary/aromatic N) is 2. The highest BCUT2D eigenvalue weighted by Gasteiger charge is 2.42. The number of nitrogens with one attached hydrogen (secondary N) is 1. The Morgan fingerprint density at radius 3 is 2.52 bits per heavy atom. The quantitative estimate of drug-likeness (QED) is 0.668. The molecule has 7 heteroatoms. The van der Waals surface area contributed by atoms with Crippen LogP contribution in [0.4, 0.5) is 13.2 Å². The zero-order valence-electron chi connectivity index (χ0n) is 18.5. The van der Waals surface area contributed by atoms with Crippen molar-refractivity contribution in [2.24, 2.45) is 11.3 Å². The Morgan fingerprint density at radius 2 is 1.85 bits per heavy atom. The van der Waals surface area contributed by atoms with Crippen LogP contribution in [0.2, 0.25) is 0 Å². The Labute approximate surface area is 192 Å². The summed E-state index contributed by atoms with van der Waals surface area (Å²) in [5.74, 6) is -0.340. The van der Waals surface area contributed by atoms with Gasteiger partial charge in [0.25, 0.3) is 0 Å². The smallest absolute Gasteiger partial charge is 0.352 e. The van der Waals surface area contributed by atoms with Crippen molar-refractivity contribution < 1.29 is 18.0 Å². The SMILES string of the molecule is N#Cc1ccc(CNC(=O)C2CCC3(CC2)CCN(Cc2ccccc2)C3)c(C(F)(F)F)c1. The average Bonchev–Trinajstić information content (AvgIpc) is 3.19. The fraction of sp³-hybridized carbons (Fsp3) is 0.462. The third-order valence-corrected chi connectivity index (χ3v) is 7.18. The second kappa shape index (κ2) is 9.56. The maximum absolute atomic E-state index is 13.4. The highest BCUT2D eigenvalue weighted by atomic mass is 19.4. The molecule has 2 aromatic carbocycles. The predicted molar refractivity (Wildman–Crippen MR) is 119 cm³/mol. The van der Waals surface area contributed by atoms with Crippen molar-refractivity contribution in [3.05, 3.63) is 70.8 Å². The van der Waals surface area contributed by atoms with E-state index in [2.05, 4.69) is 34.5 Å². The van der Waals surface area contributed by atoms with Crippen molar-refractivity contribution in [2.75, 3.05) is 13.1 Å². The first-order valence-electron chi connectivity index (χ1n) is 11.4. The van der Waals surface area contributed by atoms with Gasteiger partial charge < -0.3 is 5.32 Å². The van der Waals surface area contributed by atoms with Gasteiger partial charge in [0, 0.05) is 25.6 Å². The molecule has 2 fully saturated rings. The van der Waals surface area contributed by atoms with Crippen LogP contribution in [0.3, 0.4) is 0 Å². The molecule has 1 N–H and O–H groups in total. The summed E-state index contributed by atoms with van der Waals surface area (Å²) in [6.45, 7) is 2.85. The van der Waals surface area contributed by atoms with Gasteiger partial charge in [-0.3, -0.25) is 9.69 Å². The summed E-state index contributed by atoms with van der Waals surface area (Å²) in [6, 6.07) is 15.6. The van der Waals surface area contributed by atoms with Gasteiger partial charge in [0.15, 0.2) is 0 Å². The van der Waals surface area contributed by atoms with Gasteiger partial charge in [0.1, 0.15) is 0 Å². The molecule has 0 unspecified atom stereocenters. The molecule has 0 aromatic heterocycles. The fourth-order valence-corrected chi connectivity index (χ4v) is 5.30. The Hall–Kier alpha value is -2.85. The van der Waals surface area contributed by atoms with Gasteiger partial charge >= 0.3 is 6.18 Å². The van der Waals surface area contributed by atoms with Crippen molar-refractivity contribution in [3.63, 3.8) is 0 Å². The highest BCUT2D eigenvalue weighted by Crippen LogP contribution is 2.46. The topological polar surface area (TPSA) is 56.1 Å². The number of alkyl halides is 3. The van der Waals surface area contributed by atoms with E-state index in [-0.39, 0.29) is 34.9 Å². The number of hydrogen-bond donors (Lipinski definition) is 1. The Bertz CT molecular complexity index is 1020.